The van der Waals surface area contributed by atoms with Crippen LogP contribution in [-0.4, -0.2) is 9.66 Å². The summed E-state index contributed by atoms with van der Waals surface area (Å²) < 4.78 is 1.73. The second-order valence-electron chi connectivity index (χ2n) is 4.68. The highest BCUT2D eigenvalue weighted by Gasteiger charge is 2.06. The summed E-state index contributed by atoms with van der Waals surface area (Å²) in [6.45, 7) is 0.645. The van der Waals surface area contributed by atoms with Crippen LogP contribution in [0.5, 0.6) is 0 Å². The van der Waals surface area contributed by atoms with Gasteiger partial charge in [-0.3, -0.25) is 0 Å². The molecule has 0 atom stereocenters. The van der Waals surface area contributed by atoms with Crippen LogP contribution in [0.4, 0.5) is 5.95 Å². The van der Waals surface area contributed by atoms with Crippen LogP contribution in [0.1, 0.15) is 5.56 Å². The first-order valence-corrected chi connectivity index (χ1v) is 6.99. The molecule has 0 spiro atoms. The number of nitrogens with two attached hydrogens (primary N) is 1. The van der Waals surface area contributed by atoms with Crippen LogP contribution in [0.25, 0.3) is 11.3 Å². The quantitative estimate of drug-likeness (QED) is 0.775. The molecule has 5 heteroatoms. The Kier molecular flexibility index (Phi) is 3.79. The number of anilines is 1. The van der Waals surface area contributed by atoms with Crippen molar-refractivity contribution in [3.8, 4) is 11.3 Å². The van der Waals surface area contributed by atoms with E-state index in [0.717, 1.165) is 21.8 Å². The smallest absolute Gasteiger partial charge is 0.219 e. The number of aromatic nitrogens is 2. The van der Waals surface area contributed by atoms with Crippen molar-refractivity contribution in [2.24, 2.45) is 0 Å². The maximum absolute atomic E-state index is 5.94. The van der Waals surface area contributed by atoms with Crippen molar-refractivity contribution >= 4 is 17.5 Å². The Morgan fingerprint density at radius 2 is 1.76 bits per heavy atom. The van der Waals surface area contributed by atoms with Gasteiger partial charge in [0.25, 0.3) is 0 Å². The predicted octanol–water partition coefficient (Wildman–Crippen LogP) is 3.53. The average Bonchev–Trinajstić information content (AvgIpc) is 2.89. The Hall–Kier alpha value is -2.46. The van der Waals surface area contributed by atoms with Gasteiger partial charge in [0.15, 0.2) is 0 Å². The molecule has 2 aromatic carbocycles. The molecule has 1 aromatic heterocycles. The van der Waals surface area contributed by atoms with E-state index in [2.05, 4.69) is 10.4 Å². The molecule has 3 aromatic rings. The summed E-state index contributed by atoms with van der Waals surface area (Å²) in [7, 11) is 0. The Balaban J connectivity index is 1.74. The third kappa shape index (κ3) is 3.17. The topological polar surface area (TPSA) is 55.9 Å². The number of nitrogen functional groups attached to an aromatic ring is 1. The minimum atomic E-state index is 0.433. The fraction of sp³-hybridized carbons (Fsp3) is 0.0625. The lowest BCUT2D eigenvalue weighted by Crippen LogP contribution is -2.15. The number of benzene rings is 2. The zero-order valence-corrected chi connectivity index (χ0v) is 12.1. The van der Waals surface area contributed by atoms with Crippen molar-refractivity contribution in [1.82, 2.24) is 9.66 Å². The molecule has 0 aliphatic rings. The Morgan fingerprint density at radius 1 is 1.05 bits per heavy atom. The van der Waals surface area contributed by atoms with E-state index in [1.807, 2.05) is 60.8 Å². The zero-order valence-electron chi connectivity index (χ0n) is 11.3. The van der Waals surface area contributed by atoms with Crippen molar-refractivity contribution in [3.05, 3.63) is 71.4 Å². The first-order chi connectivity index (χ1) is 10.2. The van der Waals surface area contributed by atoms with Crippen LogP contribution >= 0.6 is 11.6 Å². The zero-order chi connectivity index (χ0) is 14.7. The van der Waals surface area contributed by atoms with Gasteiger partial charge in [0.1, 0.15) is 0 Å². The van der Waals surface area contributed by atoms with Gasteiger partial charge >= 0.3 is 0 Å². The molecule has 0 aliphatic carbocycles. The molecule has 0 fully saturated rings. The van der Waals surface area contributed by atoms with Gasteiger partial charge in [-0.25, -0.2) is 9.66 Å². The third-order valence-electron chi connectivity index (χ3n) is 3.17. The van der Waals surface area contributed by atoms with Gasteiger partial charge in [-0.05, 0) is 17.7 Å². The largest absolute Gasteiger partial charge is 0.368 e. The molecule has 0 saturated carbocycles. The molecular weight excluding hydrogens is 284 g/mol. The summed E-state index contributed by atoms with van der Waals surface area (Å²) >= 11 is 5.87. The van der Waals surface area contributed by atoms with E-state index in [0.29, 0.717) is 12.5 Å². The maximum atomic E-state index is 5.94. The monoisotopic (exact) mass is 298 g/mol. The van der Waals surface area contributed by atoms with Gasteiger partial charge < -0.3 is 11.2 Å². The first kappa shape index (κ1) is 13.5. The van der Waals surface area contributed by atoms with Crippen LogP contribution < -0.4 is 11.2 Å². The van der Waals surface area contributed by atoms with Gasteiger partial charge in [-0.2, -0.15) is 0 Å². The van der Waals surface area contributed by atoms with Crippen LogP contribution in [0.2, 0.25) is 5.02 Å². The molecule has 0 saturated heterocycles. The van der Waals surface area contributed by atoms with Crippen LogP contribution in [0.15, 0.2) is 60.8 Å². The van der Waals surface area contributed by atoms with Crippen LogP contribution in [-0.2, 0) is 6.54 Å². The summed E-state index contributed by atoms with van der Waals surface area (Å²) in [5, 5.41) is 0.729. The van der Waals surface area contributed by atoms with Crippen LogP contribution in [0.3, 0.4) is 0 Å². The standard InChI is InChI=1S/C16H15ClN4/c17-14-8-6-12(7-9-14)10-19-21-11-15(20-16(21)18)13-4-2-1-3-5-13/h1-9,11,19H,10H2,(H2,18,20). The van der Waals surface area contributed by atoms with Crippen LogP contribution in [0, 0.1) is 0 Å². The molecule has 0 radical (unpaired) electrons. The molecule has 0 aliphatic heterocycles. The Bertz CT molecular complexity index is 720. The number of hydrogen-bond acceptors (Lipinski definition) is 3. The molecule has 0 bridgehead atoms. The number of imidazole rings is 1. The van der Waals surface area contributed by atoms with Gasteiger partial charge in [0, 0.05) is 10.6 Å². The van der Waals surface area contributed by atoms with E-state index in [-0.39, 0.29) is 0 Å². The summed E-state index contributed by atoms with van der Waals surface area (Å²) in [6.07, 6.45) is 1.89. The second-order valence-corrected chi connectivity index (χ2v) is 5.12. The Labute approximate surface area is 128 Å². The number of rotatable bonds is 4. The molecule has 106 valence electrons. The maximum Gasteiger partial charge on any atom is 0.219 e. The van der Waals surface area contributed by atoms with Gasteiger partial charge in [-0.1, -0.05) is 54.1 Å². The van der Waals surface area contributed by atoms with Crippen molar-refractivity contribution in [1.29, 1.82) is 0 Å². The van der Waals surface area contributed by atoms with Crippen molar-refractivity contribution < 1.29 is 0 Å². The van der Waals surface area contributed by atoms with E-state index < -0.39 is 0 Å². The van der Waals surface area contributed by atoms with E-state index >= 15 is 0 Å². The lowest BCUT2D eigenvalue weighted by Gasteiger charge is -2.08. The lowest BCUT2D eigenvalue weighted by molar-refractivity contribution is 0.851. The summed E-state index contributed by atoms with van der Waals surface area (Å²) in [4.78, 5) is 4.36. The Morgan fingerprint density at radius 3 is 2.48 bits per heavy atom. The molecule has 3 rings (SSSR count). The second kappa shape index (κ2) is 5.89. The normalized spacial score (nSPS) is 10.5. The molecular formula is C16H15ClN4. The van der Waals surface area contributed by atoms with E-state index in [1.54, 1.807) is 4.68 Å². The summed E-state index contributed by atoms with van der Waals surface area (Å²) in [5.74, 6) is 0.433. The number of nitrogens with one attached hydrogen (secondary N) is 1. The predicted molar refractivity (Wildman–Crippen MR) is 86.6 cm³/mol. The highest BCUT2D eigenvalue weighted by atomic mass is 35.5. The van der Waals surface area contributed by atoms with Crippen molar-refractivity contribution in [3.63, 3.8) is 0 Å². The van der Waals surface area contributed by atoms with E-state index in [1.165, 1.54) is 0 Å². The third-order valence-corrected chi connectivity index (χ3v) is 3.42. The molecule has 3 N–H and O–H groups in total. The van der Waals surface area contributed by atoms with E-state index in [4.69, 9.17) is 17.3 Å². The number of nitrogens with zero attached hydrogens (tertiary/aromatic N) is 2. The fourth-order valence-corrected chi connectivity index (χ4v) is 2.17. The minimum absolute atomic E-state index is 0.433. The summed E-state index contributed by atoms with van der Waals surface area (Å²) in [5.41, 5.74) is 12.2. The SMILES string of the molecule is Nc1nc(-c2ccccc2)cn1NCc1ccc(Cl)cc1. The van der Waals surface area contributed by atoms with Crippen molar-refractivity contribution in [2.75, 3.05) is 11.2 Å². The highest BCUT2D eigenvalue weighted by Crippen LogP contribution is 2.18. The minimum Gasteiger partial charge on any atom is -0.368 e. The van der Waals surface area contributed by atoms with Gasteiger partial charge in [0.2, 0.25) is 5.95 Å². The van der Waals surface area contributed by atoms with Gasteiger partial charge in [0.05, 0.1) is 18.4 Å². The van der Waals surface area contributed by atoms with Gasteiger partial charge in [-0.15, -0.1) is 0 Å². The highest BCUT2D eigenvalue weighted by molar-refractivity contribution is 6.30. The molecule has 21 heavy (non-hydrogen) atoms. The van der Waals surface area contributed by atoms with E-state index in [9.17, 15) is 0 Å². The average molecular weight is 299 g/mol. The molecule has 1 heterocycles. The number of hydrogen-bond donors (Lipinski definition) is 2. The lowest BCUT2D eigenvalue weighted by atomic mass is 10.2. The molecule has 4 nitrogen and oxygen atoms in total. The first-order valence-electron chi connectivity index (χ1n) is 6.61. The number of halogens is 1. The summed E-state index contributed by atoms with van der Waals surface area (Å²) in [6, 6.07) is 17.6. The molecule has 0 unspecified atom stereocenters. The fourth-order valence-electron chi connectivity index (χ4n) is 2.05. The molecule has 0 amide bonds. The van der Waals surface area contributed by atoms with Crippen molar-refractivity contribution in [2.45, 2.75) is 6.54 Å².